The molecule has 0 saturated heterocycles. The van der Waals surface area contributed by atoms with Crippen LogP contribution in [0.15, 0.2) is 63.3 Å². The minimum absolute atomic E-state index is 0.0111. The molecule has 3 rings (SSSR count). The average Bonchev–Trinajstić information content (AvgIpc) is 3.15. The van der Waals surface area contributed by atoms with Crippen LogP contribution in [0.1, 0.15) is 0 Å². The molecule has 0 bridgehead atoms. The molecule has 0 spiro atoms. The summed E-state index contributed by atoms with van der Waals surface area (Å²) < 4.78 is 3.25. The molecule has 0 fully saturated rings. The second-order valence-corrected chi connectivity index (χ2v) is 12.5. The first-order valence-corrected chi connectivity index (χ1v) is 17.6. The number of nitrogens with zero attached hydrogens (tertiary/aromatic N) is 7. The van der Waals surface area contributed by atoms with Crippen molar-refractivity contribution in [1.82, 2.24) is 54.7 Å². The van der Waals surface area contributed by atoms with E-state index in [-0.39, 0.29) is 56.5 Å². The van der Waals surface area contributed by atoms with E-state index in [2.05, 4.69) is 26.3 Å². The van der Waals surface area contributed by atoms with Crippen LogP contribution in [0.5, 0.6) is 0 Å². The van der Waals surface area contributed by atoms with Crippen molar-refractivity contribution in [1.29, 1.82) is 0 Å². The smallest absolute Gasteiger partial charge is 0.349 e. The molecule has 3 aromatic heterocycles. The molecule has 23 heteroatoms. The molecule has 0 aromatic carbocycles. The molecular weight excluding hydrogens is 748 g/mol. The van der Waals surface area contributed by atoms with Crippen LogP contribution < -0.4 is 55.3 Å². The number of nitrogen functional groups attached to an aromatic ring is 3. The third kappa shape index (κ3) is 14.6. The lowest BCUT2D eigenvalue weighted by molar-refractivity contribution is -0.137. The van der Waals surface area contributed by atoms with Crippen molar-refractivity contribution in [3.63, 3.8) is 0 Å². The highest BCUT2D eigenvalue weighted by Gasteiger charge is 2.22. The lowest BCUT2D eigenvalue weighted by Gasteiger charge is -2.25. The first kappa shape index (κ1) is 44.4. The molecule has 0 atom stereocenters. The second kappa shape index (κ2) is 21.7. The van der Waals surface area contributed by atoms with Crippen molar-refractivity contribution in [2.45, 2.75) is 19.6 Å². The van der Waals surface area contributed by atoms with Gasteiger partial charge < -0.3 is 62.3 Å². The maximum absolute atomic E-state index is 13.4. The predicted octanol–water partition coefficient (Wildman–Crippen LogP) is -5.60. The maximum Gasteiger partial charge on any atom is 0.349 e. The SMILES string of the molecule is CNCCN(CC(=O)NCCN(CC(=O)NCCN(CC(=O)NC)C(=O)Cn1ccc(N)cc1=O)C(=O)Cn1ccc(N)cc1=O)C(=O)Cn1ccc(N)nc1=O. The summed E-state index contributed by atoms with van der Waals surface area (Å²) in [6.07, 6.45) is 3.97. The number of carbonyl (C=O) groups is 6. The zero-order valence-corrected chi connectivity index (χ0v) is 31.6. The lowest BCUT2D eigenvalue weighted by atomic mass is 10.3. The van der Waals surface area contributed by atoms with Crippen LogP contribution in [-0.2, 0) is 48.4 Å². The van der Waals surface area contributed by atoms with Crippen molar-refractivity contribution < 1.29 is 28.8 Å². The molecule has 0 saturated carbocycles. The molecule has 3 aromatic rings. The van der Waals surface area contributed by atoms with Crippen LogP contribution in [0, 0.1) is 0 Å². The number of likely N-dealkylation sites (N-methyl/N-ethyl adjacent to an activating group) is 2. The normalized spacial score (nSPS) is 10.6. The topological polar surface area (TPSA) is 317 Å². The van der Waals surface area contributed by atoms with Gasteiger partial charge in [-0.25, -0.2) is 4.79 Å². The largest absolute Gasteiger partial charge is 0.399 e. The summed E-state index contributed by atoms with van der Waals surface area (Å²) in [6.45, 7) is -2.76. The summed E-state index contributed by atoms with van der Waals surface area (Å²) in [4.78, 5) is 122. The number of hydrogen-bond acceptors (Lipinski definition) is 14. The predicted molar refractivity (Wildman–Crippen MR) is 207 cm³/mol. The van der Waals surface area contributed by atoms with E-state index in [0.29, 0.717) is 6.54 Å². The molecule has 6 amide bonds. The number of nitrogens with two attached hydrogens (primary N) is 3. The Morgan fingerprint density at radius 3 is 1.40 bits per heavy atom. The molecule has 0 aliphatic carbocycles. The van der Waals surface area contributed by atoms with Crippen LogP contribution in [0.25, 0.3) is 0 Å². The lowest BCUT2D eigenvalue weighted by Crippen LogP contribution is -2.49. The van der Waals surface area contributed by atoms with Gasteiger partial charge in [0.15, 0.2) is 0 Å². The number of carbonyl (C=O) groups excluding carboxylic acids is 6. The number of aromatic nitrogens is 4. The van der Waals surface area contributed by atoms with E-state index in [4.69, 9.17) is 17.2 Å². The Labute approximate surface area is 325 Å². The van der Waals surface area contributed by atoms with E-state index in [1.165, 1.54) is 48.7 Å². The van der Waals surface area contributed by atoms with Gasteiger partial charge in [0.2, 0.25) is 35.4 Å². The number of amides is 6. The molecule has 0 radical (unpaired) electrons. The Morgan fingerprint density at radius 2 is 1.00 bits per heavy atom. The molecule has 308 valence electrons. The summed E-state index contributed by atoms with van der Waals surface area (Å²) in [6, 6.07) is 6.49. The van der Waals surface area contributed by atoms with Crippen molar-refractivity contribution >= 4 is 52.6 Å². The number of nitrogens with one attached hydrogen (secondary N) is 4. The van der Waals surface area contributed by atoms with Crippen LogP contribution in [0.3, 0.4) is 0 Å². The zero-order chi connectivity index (χ0) is 42.1. The van der Waals surface area contributed by atoms with Crippen molar-refractivity contribution in [2.24, 2.45) is 0 Å². The zero-order valence-electron chi connectivity index (χ0n) is 31.6. The van der Waals surface area contributed by atoms with E-state index < -0.39 is 85.0 Å². The van der Waals surface area contributed by atoms with Crippen LogP contribution in [-0.4, -0.2) is 142 Å². The highest BCUT2D eigenvalue weighted by atomic mass is 16.2. The molecule has 0 aliphatic heterocycles. The molecule has 23 nitrogen and oxygen atoms in total. The molecule has 0 aliphatic rings. The fraction of sp³-hybridized carbons (Fsp3) is 0.412. The molecule has 3 heterocycles. The Hall–Kier alpha value is -7.04. The highest BCUT2D eigenvalue weighted by molar-refractivity contribution is 5.86. The summed E-state index contributed by atoms with van der Waals surface area (Å²) >= 11 is 0. The standard InChI is InChI=1S/C34H48N14O9/c1-38-6-12-45(33(56)22-48-11-5-25(37)42-34(48)57)18-27(50)41-8-14-47(32(55)21-44-10-4-24(36)16-30(44)53)19-28(51)40-7-13-46(17-26(49)39-2)31(54)20-43-9-3-23(35)15-29(43)52/h3-5,9-11,15-16,38H,6-8,12-14,17-22,35-36H2,1-2H3,(H,39,49)(H,40,51)(H,41,50)(H2,37,42,57). The molecule has 0 unspecified atom stereocenters. The summed E-state index contributed by atoms with van der Waals surface area (Å²) in [5, 5.41) is 10.5. The van der Waals surface area contributed by atoms with Gasteiger partial charge in [-0.1, -0.05) is 0 Å². The van der Waals surface area contributed by atoms with Crippen molar-refractivity contribution in [2.75, 3.05) is 90.2 Å². The fourth-order valence-electron chi connectivity index (χ4n) is 5.10. The van der Waals surface area contributed by atoms with Gasteiger partial charge in [0, 0.05) is 88.4 Å². The van der Waals surface area contributed by atoms with Gasteiger partial charge in [0.05, 0.1) is 19.6 Å². The molecular formula is C34H48N14O9. The van der Waals surface area contributed by atoms with Crippen molar-refractivity contribution in [3.05, 3.63) is 80.1 Å². The minimum atomic E-state index is -0.738. The maximum atomic E-state index is 13.4. The second-order valence-electron chi connectivity index (χ2n) is 12.5. The Bertz CT molecular complexity index is 2100. The van der Waals surface area contributed by atoms with E-state index in [9.17, 15) is 43.2 Å². The third-order valence-corrected chi connectivity index (χ3v) is 8.23. The average molecular weight is 797 g/mol. The first-order valence-electron chi connectivity index (χ1n) is 17.6. The van der Waals surface area contributed by atoms with Crippen molar-refractivity contribution in [3.8, 4) is 0 Å². The highest BCUT2D eigenvalue weighted by Crippen LogP contribution is 2.01. The molecule has 10 N–H and O–H groups in total. The quantitative estimate of drug-likeness (QED) is 0.0529. The monoisotopic (exact) mass is 796 g/mol. The van der Waals surface area contributed by atoms with E-state index in [0.717, 1.165) is 35.6 Å². The van der Waals surface area contributed by atoms with E-state index >= 15 is 0 Å². The number of rotatable bonds is 21. The van der Waals surface area contributed by atoms with E-state index in [1.807, 2.05) is 0 Å². The van der Waals surface area contributed by atoms with Crippen LogP contribution in [0.2, 0.25) is 0 Å². The van der Waals surface area contributed by atoms with Crippen LogP contribution >= 0.6 is 0 Å². The first-order chi connectivity index (χ1) is 27.1. The fourth-order valence-corrected chi connectivity index (χ4v) is 5.10. The Morgan fingerprint density at radius 1 is 0.596 bits per heavy atom. The number of anilines is 3. The van der Waals surface area contributed by atoms with E-state index in [1.54, 1.807) is 7.05 Å². The molecule has 57 heavy (non-hydrogen) atoms. The number of hydrogen-bond donors (Lipinski definition) is 7. The minimum Gasteiger partial charge on any atom is -0.399 e. The Kier molecular flexibility index (Phi) is 16.9. The van der Waals surface area contributed by atoms with Gasteiger partial charge in [-0.3, -0.25) is 42.9 Å². The number of pyridine rings is 2. The van der Waals surface area contributed by atoms with Gasteiger partial charge >= 0.3 is 5.69 Å². The van der Waals surface area contributed by atoms with Gasteiger partial charge in [0.1, 0.15) is 25.5 Å². The summed E-state index contributed by atoms with van der Waals surface area (Å²) in [5.41, 5.74) is 15.4. The van der Waals surface area contributed by atoms with Crippen LogP contribution in [0.4, 0.5) is 17.2 Å². The Balaban J connectivity index is 1.66. The van der Waals surface area contributed by atoms with Gasteiger partial charge in [-0.05, 0) is 25.2 Å². The van der Waals surface area contributed by atoms with Gasteiger partial charge in [-0.2, -0.15) is 4.98 Å². The summed E-state index contributed by atoms with van der Waals surface area (Å²) in [5.74, 6) is -3.59. The third-order valence-electron chi connectivity index (χ3n) is 8.23. The summed E-state index contributed by atoms with van der Waals surface area (Å²) in [7, 11) is 3.04. The van der Waals surface area contributed by atoms with Gasteiger partial charge in [-0.15, -0.1) is 0 Å². The van der Waals surface area contributed by atoms with Gasteiger partial charge in [0.25, 0.3) is 11.1 Å².